The molecule has 0 aliphatic carbocycles. The van der Waals surface area contributed by atoms with E-state index < -0.39 is 5.82 Å². The third-order valence-electron chi connectivity index (χ3n) is 4.64. The van der Waals surface area contributed by atoms with Crippen molar-refractivity contribution in [2.75, 3.05) is 31.1 Å². The van der Waals surface area contributed by atoms with Crippen LogP contribution in [0.3, 0.4) is 0 Å². The number of nitrogens with zero attached hydrogens (tertiary/aromatic N) is 5. The first kappa shape index (κ1) is 17.2. The summed E-state index contributed by atoms with van der Waals surface area (Å²) in [5, 5.41) is 0. The van der Waals surface area contributed by atoms with E-state index in [9.17, 15) is 9.18 Å². The number of anilines is 1. The molecule has 0 radical (unpaired) electrons. The van der Waals surface area contributed by atoms with Crippen LogP contribution in [-0.2, 0) is 0 Å². The van der Waals surface area contributed by atoms with Gasteiger partial charge in [0.2, 0.25) is 0 Å². The first-order valence-corrected chi connectivity index (χ1v) is 8.89. The van der Waals surface area contributed by atoms with Crippen molar-refractivity contribution in [2.24, 2.45) is 0 Å². The number of benzene rings is 1. The lowest BCUT2D eigenvalue weighted by Crippen LogP contribution is -2.49. The third kappa shape index (κ3) is 3.67. The SMILES string of the molecule is Cc1nc(N2CCN(C(=O)c3cccc(F)c3)CC2)cc(-n2cccc2)n1. The van der Waals surface area contributed by atoms with E-state index in [-0.39, 0.29) is 5.91 Å². The molecular weight excluding hydrogens is 345 g/mol. The number of hydrogen-bond donors (Lipinski definition) is 0. The van der Waals surface area contributed by atoms with Gasteiger partial charge in [0.15, 0.2) is 0 Å². The molecule has 0 bridgehead atoms. The fourth-order valence-electron chi connectivity index (χ4n) is 3.26. The lowest BCUT2D eigenvalue weighted by molar-refractivity contribution is 0.0746. The fraction of sp³-hybridized carbons (Fsp3) is 0.250. The topological polar surface area (TPSA) is 54.3 Å². The van der Waals surface area contributed by atoms with Crippen LogP contribution in [0.15, 0.2) is 54.9 Å². The zero-order chi connectivity index (χ0) is 18.8. The van der Waals surface area contributed by atoms with Crippen LogP contribution in [-0.4, -0.2) is 51.5 Å². The van der Waals surface area contributed by atoms with Crippen LogP contribution < -0.4 is 4.90 Å². The van der Waals surface area contributed by atoms with E-state index in [1.54, 1.807) is 17.0 Å². The molecule has 0 spiro atoms. The van der Waals surface area contributed by atoms with Gasteiger partial charge in [0, 0.05) is 50.2 Å². The van der Waals surface area contributed by atoms with Gasteiger partial charge < -0.3 is 14.4 Å². The molecule has 0 saturated carbocycles. The van der Waals surface area contributed by atoms with Gasteiger partial charge in [-0.25, -0.2) is 14.4 Å². The minimum atomic E-state index is -0.395. The van der Waals surface area contributed by atoms with Crippen molar-refractivity contribution < 1.29 is 9.18 Å². The van der Waals surface area contributed by atoms with Gasteiger partial charge >= 0.3 is 0 Å². The van der Waals surface area contributed by atoms with Crippen molar-refractivity contribution in [3.05, 3.63) is 72.1 Å². The zero-order valence-corrected chi connectivity index (χ0v) is 15.0. The molecule has 1 aromatic carbocycles. The van der Waals surface area contributed by atoms with Gasteiger partial charge in [0.1, 0.15) is 23.3 Å². The van der Waals surface area contributed by atoms with Gasteiger partial charge in [-0.2, -0.15) is 0 Å². The lowest BCUT2D eigenvalue weighted by atomic mass is 10.1. The Morgan fingerprint density at radius 1 is 0.963 bits per heavy atom. The Labute approximate surface area is 156 Å². The summed E-state index contributed by atoms with van der Waals surface area (Å²) in [6.07, 6.45) is 3.89. The fourth-order valence-corrected chi connectivity index (χ4v) is 3.26. The van der Waals surface area contributed by atoms with Gasteiger partial charge in [0.05, 0.1) is 0 Å². The number of amides is 1. The summed E-state index contributed by atoms with van der Waals surface area (Å²) < 4.78 is 15.3. The number of rotatable bonds is 3. The molecule has 0 N–H and O–H groups in total. The standard InChI is InChI=1S/C20H20FN5O/c1-15-22-18(24-7-2-3-8-24)14-19(23-15)25-9-11-26(12-10-25)20(27)16-5-4-6-17(21)13-16/h2-8,13-14H,9-12H2,1H3. The van der Waals surface area contributed by atoms with Crippen molar-refractivity contribution >= 4 is 11.7 Å². The van der Waals surface area contributed by atoms with E-state index in [4.69, 9.17) is 0 Å². The summed E-state index contributed by atoms with van der Waals surface area (Å²) in [5.74, 6) is 1.84. The maximum Gasteiger partial charge on any atom is 0.254 e. The second kappa shape index (κ2) is 7.19. The minimum absolute atomic E-state index is 0.138. The average Bonchev–Trinajstić information content (AvgIpc) is 3.22. The largest absolute Gasteiger partial charge is 0.353 e. The maximum atomic E-state index is 13.4. The number of carbonyl (C=O) groups excluding carboxylic acids is 1. The summed E-state index contributed by atoms with van der Waals surface area (Å²) in [5.41, 5.74) is 0.385. The summed E-state index contributed by atoms with van der Waals surface area (Å²) >= 11 is 0. The Kier molecular flexibility index (Phi) is 4.58. The van der Waals surface area contributed by atoms with E-state index in [0.717, 1.165) is 11.6 Å². The Bertz CT molecular complexity index is 949. The van der Waals surface area contributed by atoms with Gasteiger partial charge in [0.25, 0.3) is 5.91 Å². The summed E-state index contributed by atoms with van der Waals surface area (Å²) in [6, 6.07) is 11.7. The average molecular weight is 365 g/mol. The van der Waals surface area contributed by atoms with E-state index in [1.165, 1.54) is 12.1 Å². The molecule has 1 amide bonds. The molecule has 1 aliphatic rings. The second-order valence-corrected chi connectivity index (χ2v) is 6.51. The molecule has 4 rings (SSSR count). The van der Waals surface area contributed by atoms with Crippen molar-refractivity contribution in [1.29, 1.82) is 0 Å². The van der Waals surface area contributed by atoms with Gasteiger partial charge in [-0.3, -0.25) is 4.79 Å². The Balaban J connectivity index is 1.47. The Hall–Kier alpha value is -3.22. The molecule has 1 aliphatic heterocycles. The summed E-state index contributed by atoms with van der Waals surface area (Å²) in [6.45, 7) is 4.35. The van der Waals surface area contributed by atoms with Crippen molar-refractivity contribution in [3.8, 4) is 5.82 Å². The molecule has 7 heteroatoms. The van der Waals surface area contributed by atoms with Gasteiger partial charge in [-0.15, -0.1) is 0 Å². The number of aromatic nitrogens is 3. The van der Waals surface area contributed by atoms with Crippen LogP contribution >= 0.6 is 0 Å². The maximum absolute atomic E-state index is 13.4. The number of carbonyl (C=O) groups is 1. The predicted octanol–water partition coefficient (Wildman–Crippen LogP) is 2.68. The second-order valence-electron chi connectivity index (χ2n) is 6.51. The summed E-state index contributed by atoms with van der Waals surface area (Å²) in [7, 11) is 0. The highest BCUT2D eigenvalue weighted by atomic mass is 19.1. The monoisotopic (exact) mass is 365 g/mol. The molecule has 3 heterocycles. The van der Waals surface area contributed by atoms with E-state index in [2.05, 4.69) is 14.9 Å². The van der Waals surface area contributed by atoms with E-state index in [0.29, 0.717) is 37.6 Å². The Morgan fingerprint density at radius 3 is 2.37 bits per heavy atom. The van der Waals surface area contributed by atoms with Crippen LogP contribution in [0.25, 0.3) is 5.82 Å². The highest BCUT2D eigenvalue weighted by molar-refractivity contribution is 5.94. The van der Waals surface area contributed by atoms with E-state index in [1.807, 2.05) is 42.1 Å². The molecular formula is C20H20FN5O. The first-order chi connectivity index (χ1) is 13.1. The molecule has 138 valence electrons. The third-order valence-corrected chi connectivity index (χ3v) is 4.64. The van der Waals surface area contributed by atoms with Gasteiger partial charge in [-0.1, -0.05) is 6.07 Å². The number of hydrogen-bond acceptors (Lipinski definition) is 4. The highest BCUT2D eigenvalue weighted by Crippen LogP contribution is 2.18. The molecule has 1 fully saturated rings. The van der Waals surface area contributed by atoms with Crippen LogP contribution in [0.2, 0.25) is 0 Å². The molecule has 6 nitrogen and oxygen atoms in total. The zero-order valence-electron chi connectivity index (χ0n) is 15.0. The molecule has 0 atom stereocenters. The molecule has 3 aromatic rings. The Morgan fingerprint density at radius 2 is 1.67 bits per heavy atom. The lowest BCUT2D eigenvalue weighted by Gasteiger charge is -2.35. The van der Waals surface area contributed by atoms with Crippen LogP contribution in [0.1, 0.15) is 16.2 Å². The number of halogens is 1. The molecule has 0 unspecified atom stereocenters. The van der Waals surface area contributed by atoms with Crippen molar-refractivity contribution in [2.45, 2.75) is 6.92 Å². The van der Waals surface area contributed by atoms with Gasteiger partial charge in [-0.05, 0) is 37.3 Å². The number of aryl methyl sites for hydroxylation is 1. The van der Waals surface area contributed by atoms with E-state index >= 15 is 0 Å². The smallest absolute Gasteiger partial charge is 0.254 e. The molecule has 1 saturated heterocycles. The van der Waals surface area contributed by atoms with Crippen LogP contribution in [0.4, 0.5) is 10.2 Å². The number of piperazine rings is 1. The van der Waals surface area contributed by atoms with Crippen molar-refractivity contribution in [3.63, 3.8) is 0 Å². The van der Waals surface area contributed by atoms with Crippen LogP contribution in [0.5, 0.6) is 0 Å². The van der Waals surface area contributed by atoms with Crippen LogP contribution in [0, 0.1) is 12.7 Å². The normalized spacial score (nSPS) is 14.4. The predicted molar refractivity (Wildman–Crippen MR) is 101 cm³/mol. The minimum Gasteiger partial charge on any atom is -0.353 e. The van der Waals surface area contributed by atoms with Crippen molar-refractivity contribution in [1.82, 2.24) is 19.4 Å². The molecule has 27 heavy (non-hydrogen) atoms. The first-order valence-electron chi connectivity index (χ1n) is 8.89. The quantitative estimate of drug-likeness (QED) is 0.716. The molecule has 2 aromatic heterocycles. The summed E-state index contributed by atoms with van der Waals surface area (Å²) in [4.78, 5) is 25.5. The highest BCUT2D eigenvalue weighted by Gasteiger charge is 2.23.